The Hall–Kier alpha value is -0.530. The van der Waals surface area contributed by atoms with Crippen LogP contribution in [0.15, 0.2) is 24.3 Å². The molecular weight excluding hydrogens is 266 g/mol. The Morgan fingerprint density at radius 3 is 1.70 bits per heavy atom. The van der Waals surface area contributed by atoms with Gasteiger partial charge in [-0.2, -0.15) is 0 Å². The summed E-state index contributed by atoms with van der Waals surface area (Å²) in [7, 11) is 6.90. The first-order valence-electron chi connectivity index (χ1n) is 7.60. The fourth-order valence-corrected chi connectivity index (χ4v) is 2.69. The number of halogens is 1. The molecule has 0 radical (unpaired) electrons. The molecule has 0 aliphatic carbocycles. The van der Waals surface area contributed by atoms with E-state index in [1.807, 2.05) is 0 Å². The third-order valence-corrected chi connectivity index (χ3v) is 3.64. The Kier molecular flexibility index (Phi) is 7.83. The Labute approximate surface area is 132 Å². The van der Waals surface area contributed by atoms with Crippen molar-refractivity contribution >= 4 is 0 Å². The van der Waals surface area contributed by atoms with Crippen molar-refractivity contribution in [2.24, 2.45) is 11.8 Å². The van der Waals surface area contributed by atoms with E-state index in [0.717, 1.165) is 16.3 Å². The Morgan fingerprint density at radius 1 is 0.850 bits per heavy atom. The van der Waals surface area contributed by atoms with Crippen molar-refractivity contribution in [1.82, 2.24) is 0 Å². The van der Waals surface area contributed by atoms with Crippen LogP contribution in [-0.4, -0.2) is 25.6 Å². The highest BCUT2D eigenvalue weighted by Crippen LogP contribution is 2.30. The van der Waals surface area contributed by atoms with Crippen LogP contribution in [0.5, 0.6) is 0 Å². The minimum absolute atomic E-state index is 0. The second kappa shape index (κ2) is 8.05. The van der Waals surface area contributed by atoms with Gasteiger partial charge in [-0.15, -0.1) is 0 Å². The molecule has 1 atom stereocenters. The second-order valence-corrected chi connectivity index (χ2v) is 7.60. The highest BCUT2D eigenvalue weighted by Gasteiger charge is 2.26. The third-order valence-electron chi connectivity index (χ3n) is 3.64. The molecule has 1 unspecified atom stereocenters. The highest BCUT2D eigenvalue weighted by molar-refractivity contribution is 5.24. The molecule has 20 heavy (non-hydrogen) atoms. The third kappa shape index (κ3) is 6.28. The molecule has 0 amide bonds. The Balaban J connectivity index is 0.00000361. The van der Waals surface area contributed by atoms with Crippen molar-refractivity contribution in [2.75, 3.05) is 21.1 Å². The van der Waals surface area contributed by atoms with Crippen molar-refractivity contribution in [3.8, 4) is 0 Å². The molecule has 1 aromatic rings. The van der Waals surface area contributed by atoms with Gasteiger partial charge in [0.05, 0.1) is 21.1 Å². The van der Waals surface area contributed by atoms with Crippen LogP contribution in [0.4, 0.5) is 0 Å². The zero-order valence-electron chi connectivity index (χ0n) is 14.3. The molecule has 0 fully saturated rings. The van der Waals surface area contributed by atoms with Gasteiger partial charge in [0.1, 0.15) is 6.04 Å². The quantitative estimate of drug-likeness (QED) is 0.701. The molecule has 1 nitrogen and oxygen atoms in total. The zero-order chi connectivity index (χ0) is 14.6. The molecule has 0 bridgehead atoms. The maximum absolute atomic E-state index is 2.34. The summed E-state index contributed by atoms with van der Waals surface area (Å²) in [5.41, 5.74) is 2.94. The number of hydrogen-bond donors (Lipinski definition) is 0. The van der Waals surface area contributed by atoms with Crippen LogP contribution in [0.2, 0.25) is 0 Å². The van der Waals surface area contributed by atoms with E-state index in [2.05, 4.69) is 73.1 Å². The molecule has 0 saturated carbocycles. The van der Waals surface area contributed by atoms with Crippen molar-refractivity contribution in [3.05, 3.63) is 35.4 Å². The minimum atomic E-state index is 0. The van der Waals surface area contributed by atoms with E-state index in [4.69, 9.17) is 0 Å². The largest absolute Gasteiger partial charge is 1.00 e. The van der Waals surface area contributed by atoms with Gasteiger partial charge in [0.15, 0.2) is 0 Å². The van der Waals surface area contributed by atoms with Gasteiger partial charge in [0.2, 0.25) is 0 Å². The van der Waals surface area contributed by atoms with E-state index < -0.39 is 0 Å². The lowest BCUT2D eigenvalue weighted by molar-refractivity contribution is -0.903. The monoisotopic (exact) mass is 297 g/mol. The van der Waals surface area contributed by atoms with Crippen LogP contribution in [-0.2, 0) is 6.42 Å². The van der Waals surface area contributed by atoms with Gasteiger partial charge < -0.3 is 16.9 Å². The lowest BCUT2D eigenvalue weighted by Gasteiger charge is -2.35. The lowest BCUT2D eigenvalue weighted by Crippen LogP contribution is -3.00. The average Bonchev–Trinajstić information content (AvgIpc) is 2.25. The van der Waals surface area contributed by atoms with Crippen LogP contribution < -0.4 is 12.4 Å². The summed E-state index contributed by atoms with van der Waals surface area (Å²) in [4.78, 5) is 0. The van der Waals surface area contributed by atoms with E-state index in [-0.39, 0.29) is 12.4 Å². The van der Waals surface area contributed by atoms with E-state index >= 15 is 0 Å². The number of quaternary nitrogens is 1. The van der Waals surface area contributed by atoms with Gasteiger partial charge in [-0.05, 0) is 23.8 Å². The fourth-order valence-electron chi connectivity index (χ4n) is 2.69. The summed E-state index contributed by atoms with van der Waals surface area (Å²) >= 11 is 0. The lowest BCUT2D eigenvalue weighted by atomic mass is 9.93. The molecule has 0 aliphatic heterocycles. The molecule has 0 heterocycles. The molecule has 116 valence electrons. The normalized spacial score (nSPS) is 13.4. The molecule has 0 saturated heterocycles. The maximum Gasteiger partial charge on any atom is 0.114 e. The predicted octanol–water partition coefficient (Wildman–Crippen LogP) is 1.68. The van der Waals surface area contributed by atoms with Crippen molar-refractivity contribution in [3.63, 3.8) is 0 Å². The number of hydrogen-bond acceptors (Lipinski definition) is 0. The van der Waals surface area contributed by atoms with Gasteiger partial charge in [-0.3, -0.25) is 0 Å². The summed E-state index contributed by atoms with van der Waals surface area (Å²) < 4.78 is 1.00. The van der Waals surface area contributed by atoms with Gasteiger partial charge in [0.25, 0.3) is 0 Å². The SMILES string of the molecule is CC(C)Cc1ccc(C(CC(C)C)[N+](C)(C)C)cc1.[Cl-]. The van der Waals surface area contributed by atoms with Gasteiger partial charge >= 0.3 is 0 Å². The minimum Gasteiger partial charge on any atom is -1.00 e. The molecule has 1 rings (SSSR count). The van der Waals surface area contributed by atoms with E-state index in [1.165, 1.54) is 24.0 Å². The van der Waals surface area contributed by atoms with Crippen LogP contribution in [0.1, 0.15) is 51.3 Å². The first-order valence-corrected chi connectivity index (χ1v) is 7.60. The number of nitrogens with zero attached hydrogens (tertiary/aromatic N) is 1. The molecular formula is C18H32ClN. The first kappa shape index (κ1) is 19.5. The highest BCUT2D eigenvalue weighted by atomic mass is 35.5. The summed E-state index contributed by atoms with van der Waals surface area (Å²) in [5, 5.41) is 0. The summed E-state index contributed by atoms with van der Waals surface area (Å²) in [6, 6.07) is 9.91. The van der Waals surface area contributed by atoms with Gasteiger partial charge in [-0.1, -0.05) is 52.0 Å². The fraction of sp³-hybridized carbons (Fsp3) is 0.667. The van der Waals surface area contributed by atoms with Crippen LogP contribution >= 0.6 is 0 Å². The number of benzene rings is 1. The molecule has 0 N–H and O–H groups in total. The van der Waals surface area contributed by atoms with Crippen LogP contribution in [0.3, 0.4) is 0 Å². The average molecular weight is 298 g/mol. The van der Waals surface area contributed by atoms with E-state index in [0.29, 0.717) is 6.04 Å². The van der Waals surface area contributed by atoms with Crippen molar-refractivity contribution in [1.29, 1.82) is 0 Å². The Morgan fingerprint density at radius 2 is 1.35 bits per heavy atom. The summed E-state index contributed by atoms with van der Waals surface area (Å²) in [5.74, 6) is 1.47. The summed E-state index contributed by atoms with van der Waals surface area (Å²) in [6.45, 7) is 9.19. The van der Waals surface area contributed by atoms with Gasteiger partial charge in [0, 0.05) is 12.0 Å². The molecule has 0 aliphatic rings. The standard InChI is InChI=1S/C18H32N.ClH/c1-14(2)12-16-8-10-17(11-9-16)18(13-15(3)4)19(5,6)7;/h8-11,14-15,18H,12-13H2,1-7H3;1H/q+1;/p-1. The zero-order valence-corrected chi connectivity index (χ0v) is 15.0. The van der Waals surface area contributed by atoms with Crippen molar-refractivity contribution in [2.45, 2.75) is 46.6 Å². The van der Waals surface area contributed by atoms with Crippen molar-refractivity contribution < 1.29 is 16.9 Å². The smallest absolute Gasteiger partial charge is 0.114 e. The molecule has 2 heteroatoms. The topological polar surface area (TPSA) is 0 Å². The van der Waals surface area contributed by atoms with E-state index in [1.54, 1.807) is 0 Å². The first-order chi connectivity index (χ1) is 8.70. The molecule has 0 aromatic heterocycles. The van der Waals surface area contributed by atoms with Crippen LogP contribution in [0, 0.1) is 11.8 Å². The molecule has 1 aromatic carbocycles. The van der Waals surface area contributed by atoms with E-state index in [9.17, 15) is 0 Å². The number of rotatable bonds is 6. The second-order valence-electron chi connectivity index (χ2n) is 7.60. The molecule has 0 spiro atoms. The predicted molar refractivity (Wildman–Crippen MR) is 85.2 cm³/mol. The maximum atomic E-state index is 2.34. The summed E-state index contributed by atoms with van der Waals surface area (Å²) in [6.07, 6.45) is 2.42. The van der Waals surface area contributed by atoms with Gasteiger partial charge in [-0.25, -0.2) is 0 Å². The Bertz CT molecular complexity index is 373. The van der Waals surface area contributed by atoms with Crippen LogP contribution in [0.25, 0.3) is 0 Å².